The van der Waals surface area contributed by atoms with E-state index in [2.05, 4.69) is 26.0 Å². The average Bonchev–Trinajstić information content (AvgIpc) is 2.73. The molecule has 1 nitrogen and oxygen atoms in total. The van der Waals surface area contributed by atoms with E-state index in [-0.39, 0.29) is 6.61 Å². The Labute approximate surface area is 185 Å². The first-order valence-electron chi connectivity index (χ1n) is 13.6. The molecular formula is C28H56O. The Morgan fingerprint density at radius 2 is 0.862 bits per heavy atom. The van der Waals surface area contributed by atoms with Crippen molar-refractivity contribution in [3.63, 3.8) is 0 Å². The van der Waals surface area contributed by atoms with Crippen LogP contribution in [0.4, 0.5) is 0 Å². The van der Waals surface area contributed by atoms with E-state index in [1.165, 1.54) is 135 Å². The molecule has 0 amide bonds. The lowest BCUT2D eigenvalue weighted by Gasteiger charge is -2.17. The summed E-state index contributed by atoms with van der Waals surface area (Å²) in [5, 5.41) is 8.80. The number of unbranched alkanes of at least 4 members (excludes halogenated alkanes) is 15. The standard InChI is InChI=1S/C28H56O/c1-3-5-7-9-12-16-20-24-28(25-21-17-13-10-8-6-4-2)26-22-18-14-11-15-19-23-27-29/h15,19,28-29H,3-14,16-18,20-27H2,1-2H3/b19-15+. The highest BCUT2D eigenvalue weighted by Gasteiger charge is 2.08. The number of aliphatic hydroxyl groups is 1. The summed E-state index contributed by atoms with van der Waals surface area (Å²) in [7, 11) is 0. The molecule has 1 N–H and O–H groups in total. The number of hydrogen-bond acceptors (Lipinski definition) is 1. The van der Waals surface area contributed by atoms with Crippen LogP contribution in [0.5, 0.6) is 0 Å². The molecule has 1 heteroatoms. The third-order valence-corrected chi connectivity index (χ3v) is 6.38. The third kappa shape index (κ3) is 23.8. The van der Waals surface area contributed by atoms with Gasteiger partial charge in [-0.25, -0.2) is 0 Å². The highest BCUT2D eigenvalue weighted by atomic mass is 16.2. The van der Waals surface area contributed by atoms with E-state index in [0.717, 1.165) is 12.3 Å². The van der Waals surface area contributed by atoms with Gasteiger partial charge in [0.15, 0.2) is 0 Å². The molecule has 29 heavy (non-hydrogen) atoms. The van der Waals surface area contributed by atoms with Gasteiger partial charge in [0.25, 0.3) is 0 Å². The van der Waals surface area contributed by atoms with E-state index in [1.54, 1.807) is 0 Å². The molecule has 0 saturated carbocycles. The van der Waals surface area contributed by atoms with E-state index in [1.807, 2.05) is 0 Å². The minimum Gasteiger partial charge on any atom is -0.396 e. The van der Waals surface area contributed by atoms with Crippen LogP contribution in [0.1, 0.15) is 155 Å². The maximum atomic E-state index is 8.80. The first kappa shape index (κ1) is 28.7. The molecule has 0 aliphatic heterocycles. The summed E-state index contributed by atoms with van der Waals surface area (Å²) >= 11 is 0. The summed E-state index contributed by atoms with van der Waals surface area (Å²) in [5.41, 5.74) is 0. The maximum Gasteiger partial charge on any atom is 0.0465 e. The molecule has 0 aromatic rings. The van der Waals surface area contributed by atoms with Crippen molar-refractivity contribution in [1.82, 2.24) is 0 Å². The SMILES string of the molecule is CCCCCCCCCC(CCCCC/C=C/CCO)CCCCCCCCC. The largest absolute Gasteiger partial charge is 0.396 e. The summed E-state index contributed by atoms with van der Waals surface area (Å²) in [6, 6.07) is 0. The van der Waals surface area contributed by atoms with Crippen molar-refractivity contribution in [2.75, 3.05) is 6.61 Å². The number of aliphatic hydroxyl groups excluding tert-OH is 1. The molecule has 0 unspecified atom stereocenters. The zero-order chi connectivity index (χ0) is 21.3. The van der Waals surface area contributed by atoms with Crippen molar-refractivity contribution in [3.05, 3.63) is 12.2 Å². The van der Waals surface area contributed by atoms with Crippen LogP contribution in [-0.2, 0) is 0 Å². The number of rotatable bonds is 24. The Hall–Kier alpha value is -0.300. The predicted molar refractivity (Wildman–Crippen MR) is 133 cm³/mol. The fraction of sp³-hybridized carbons (Fsp3) is 0.929. The molecule has 0 bridgehead atoms. The second-order valence-corrected chi connectivity index (χ2v) is 9.31. The first-order chi connectivity index (χ1) is 14.3. The van der Waals surface area contributed by atoms with Gasteiger partial charge in [-0.1, -0.05) is 148 Å². The molecule has 0 aliphatic carbocycles. The van der Waals surface area contributed by atoms with Crippen LogP contribution in [0.15, 0.2) is 12.2 Å². The maximum absolute atomic E-state index is 8.80. The van der Waals surface area contributed by atoms with Gasteiger partial charge in [-0.15, -0.1) is 0 Å². The van der Waals surface area contributed by atoms with E-state index >= 15 is 0 Å². The second kappa shape index (κ2) is 25.7. The number of hydrogen-bond donors (Lipinski definition) is 1. The quantitative estimate of drug-likeness (QED) is 0.124. The van der Waals surface area contributed by atoms with E-state index in [9.17, 15) is 0 Å². The molecule has 174 valence electrons. The van der Waals surface area contributed by atoms with Crippen LogP contribution in [0, 0.1) is 5.92 Å². The zero-order valence-corrected chi connectivity index (χ0v) is 20.4. The lowest BCUT2D eigenvalue weighted by Crippen LogP contribution is -2.01. The Morgan fingerprint density at radius 3 is 1.31 bits per heavy atom. The van der Waals surface area contributed by atoms with Crippen LogP contribution >= 0.6 is 0 Å². The molecule has 0 fully saturated rings. The summed E-state index contributed by atoms with van der Waals surface area (Å²) in [6.45, 7) is 4.90. The van der Waals surface area contributed by atoms with Gasteiger partial charge < -0.3 is 5.11 Å². The highest BCUT2D eigenvalue weighted by Crippen LogP contribution is 2.24. The van der Waals surface area contributed by atoms with Gasteiger partial charge in [0.1, 0.15) is 0 Å². The minimum atomic E-state index is 0.287. The molecule has 0 heterocycles. The first-order valence-corrected chi connectivity index (χ1v) is 13.6. The molecule has 0 aromatic carbocycles. The van der Waals surface area contributed by atoms with Crippen LogP contribution in [0.25, 0.3) is 0 Å². The molecule has 0 atom stereocenters. The fourth-order valence-electron chi connectivity index (χ4n) is 4.40. The molecular weight excluding hydrogens is 352 g/mol. The Bertz CT molecular complexity index is 291. The average molecular weight is 409 g/mol. The van der Waals surface area contributed by atoms with Gasteiger partial charge >= 0.3 is 0 Å². The van der Waals surface area contributed by atoms with Gasteiger partial charge in [-0.05, 0) is 25.2 Å². The summed E-state index contributed by atoms with van der Waals surface area (Å²) in [5.74, 6) is 0.992. The zero-order valence-electron chi connectivity index (χ0n) is 20.4. The van der Waals surface area contributed by atoms with Crippen molar-refractivity contribution in [2.45, 2.75) is 155 Å². The highest BCUT2D eigenvalue weighted by molar-refractivity contribution is 4.80. The Morgan fingerprint density at radius 1 is 0.483 bits per heavy atom. The van der Waals surface area contributed by atoms with Gasteiger partial charge in [-0.2, -0.15) is 0 Å². The molecule has 0 aromatic heterocycles. The molecule has 0 rings (SSSR count). The van der Waals surface area contributed by atoms with Crippen LogP contribution in [0.2, 0.25) is 0 Å². The Balaban J connectivity index is 3.86. The van der Waals surface area contributed by atoms with E-state index in [0.29, 0.717) is 0 Å². The van der Waals surface area contributed by atoms with Crippen molar-refractivity contribution in [3.8, 4) is 0 Å². The van der Waals surface area contributed by atoms with Crippen LogP contribution < -0.4 is 0 Å². The summed E-state index contributed by atoms with van der Waals surface area (Å²) < 4.78 is 0. The lowest BCUT2D eigenvalue weighted by molar-refractivity contribution is 0.302. The summed E-state index contributed by atoms with van der Waals surface area (Å²) in [4.78, 5) is 0. The van der Waals surface area contributed by atoms with Gasteiger partial charge in [0.2, 0.25) is 0 Å². The van der Waals surface area contributed by atoms with Gasteiger partial charge in [0.05, 0.1) is 0 Å². The second-order valence-electron chi connectivity index (χ2n) is 9.31. The fourth-order valence-corrected chi connectivity index (χ4v) is 4.40. The topological polar surface area (TPSA) is 20.2 Å². The van der Waals surface area contributed by atoms with Crippen molar-refractivity contribution < 1.29 is 5.11 Å². The van der Waals surface area contributed by atoms with E-state index in [4.69, 9.17) is 5.11 Å². The monoisotopic (exact) mass is 408 g/mol. The predicted octanol–water partition coefficient (Wildman–Crippen LogP) is 9.77. The Kier molecular flexibility index (Phi) is 25.5. The summed E-state index contributed by atoms with van der Waals surface area (Å²) in [6.07, 6.45) is 35.1. The van der Waals surface area contributed by atoms with Crippen molar-refractivity contribution >= 4 is 0 Å². The van der Waals surface area contributed by atoms with Crippen molar-refractivity contribution in [2.24, 2.45) is 5.92 Å². The normalized spacial score (nSPS) is 11.9. The minimum absolute atomic E-state index is 0.287. The van der Waals surface area contributed by atoms with Gasteiger partial charge in [-0.3, -0.25) is 0 Å². The molecule has 0 saturated heterocycles. The molecule has 0 spiro atoms. The van der Waals surface area contributed by atoms with Gasteiger partial charge in [0, 0.05) is 6.61 Å². The smallest absolute Gasteiger partial charge is 0.0465 e. The lowest BCUT2D eigenvalue weighted by atomic mass is 9.89. The van der Waals surface area contributed by atoms with Crippen LogP contribution in [-0.4, -0.2) is 11.7 Å². The molecule has 0 aliphatic rings. The number of allylic oxidation sites excluding steroid dienone is 1. The van der Waals surface area contributed by atoms with E-state index < -0.39 is 0 Å². The third-order valence-electron chi connectivity index (χ3n) is 6.38. The van der Waals surface area contributed by atoms with Crippen molar-refractivity contribution in [1.29, 1.82) is 0 Å². The molecule has 0 radical (unpaired) electrons. The van der Waals surface area contributed by atoms with Crippen LogP contribution in [0.3, 0.4) is 0 Å².